The second kappa shape index (κ2) is 13.8. The summed E-state index contributed by atoms with van der Waals surface area (Å²) in [6.45, 7) is 0. The summed E-state index contributed by atoms with van der Waals surface area (Å²) in [6, 6.07) is 69.4. The Morgan fingerprint density at radius 3 is 1.07 bits per heavy atom. The van der Waals surface area contributed by atoms with Crippen molar-refractivity contribution in [2.45, 2.75) is 0 Å². The minimum atomic E-state index is 0.588. The fourth-order valence-corrected chi connectivity index (χ4v) is 7.25. The molecule has 0 aliphatic rings. The maximum atomic E-state index is 6.54. The van der Waals surface area contributed by atoms with Gasteiger partial charge >= 0.3 is 0 Å². The van der Waals surface area contributed by atoms with Crippen molar-refractivity contribution >= 4 is 21.9 Å². The molecular weight excluding hydrogens is 671 g/mol. The number of rotatable bonds is 7. The van der Waals surface area contributed by atoms with Gasteiger partial charge in [0.1, 0.15) is 11.2 Å². The molecule has 0 fully saturated rings. The normalized spacial score (nSPS) is 11.3. The summed E-state index contributed by atoms with van der Waals surface area (Å²) in [7, 11) is 0. The summed E-state index contributed by atoms with van der Waals surface area (Å²) in [5.41, 5.74) is 13.6. The Kier molecular flexibility index (Phi) is 8.12. The summed E-state index contributed by atoms with van der Waals surface area (Å²) in [5.74, 6) is 1.82. The number of hydrogen-bond donors (Lipinski definition) is 0. The molecule has 0 unspecified atom stereocenters. The van der Waals surface area contributed by atoms with Crippen LogP contribution in [0.3, 0.4) is 0 Å². The van der Waals surface area contributed by atoms with Crippen LogP contribution in [0, 0.1) is 0 Å². The van der Waals surface area contributed by atoms with Crippen LogP contribution in [-0.4, -0.2) is 15.0 Å². The van der Waals surface area contributed by atoms with Crippen LogP contribution >= 0.6 is 0 Å². The quantitative estimate of drug-likeness (QED) is 0.166. The monoisotopic (exact) mass is 703 g/mol. The third-order valence-corrected chi connectivity index (χ3v) is 10.2. The molecule has 4 nitrogen and oxygen atoms in total. The number of aromatic nitrogens is 3. The molecule has 0 aliphatic heterocycles. The van der Waals surface area contributed by atoms with Crippen molar-refractivity contribution in [3.63, 3.8) is 0 Å². The molecule has 0 spiro atoms. The Labute approximate surface area is 319 Å². The molecule has 0 bridgehead atoms. The number of hydrogen-bond acceptors (Lipinski definition) is 4. The minimum absolute atomic E-state index is 0.588. The summed E-state index contributed by atoms with van der Waals surface area (Å²) in [6.07, 6.45) is 0. The lowest BCUT2D eigenvalue weighted by Gasteiger charge is -2.09. The highest BCUT2D eigenvalue weighted by atomic mass is 16.3. The van der Waals surface area contributed by atoms with Crippen molar-refractivity contribution < 1.29 is 4.42 Å². The molecule has 0 aliphatic carbocycles. The second-order valence-electron chi connectivity index (χ2n) is 13.7. The zero-order chi connectivity index (χ0) is 36.6. The first kappa shape index (κ1) is 32.2. The first-order valence-electron chi connectivity index (χ1n) is 18.4. The lowest BCUT2D eigenvalue weighted by molar-refractivity contribution is 0.669. The van der Waals surface area contributed by atoms with E-state index in [1.165, 1.54) is 22.3 Å². The molecular formula is C51H33N3O. The van der Waals surface area contributed by atoms with Gasteiger partial charge in [0.25, 0.3) is 0 Å². The second-order valence-corrected chi connectivity index (χ2v) is 13.7. The maximum absolute atomic E-state index is 6.54. The Morgan fingerprint density at radius 2 is 0.545 bits per heavy atom. The van der Waals surface area contributed by atoms with Gasteiger partial charge in [0.2, 0.25) is 0 Å². The van der Waals surface area contributed by atoms with Gasteiger partial charge < -0.3 is 4.42 Å². The van der Waals surface area contributed by atoms with Crippen LogP contribution < -0.4 is 0 Å². The molecule has 0 radical (unpaired) electrons. The van der Waals surface area contributed by atoms with E-state index in [2.05, 4.69) is 152 Å². The Hall–Kier alpha value is -7.43. The van der Waals surface area contributed by atoms with Crippen molar-refractivity contribution in [3.8, 4) is 78.7 Å². The van der Waals surface area contributed by atoms with Gasteiger partial charge in [-0.15, -0.1) is 0 Å². The average molecular weight is 704 g/mol. The zero-order valence-corrected chi connectivity index (χ0v) is 29.8. The zero-order valence-electron chi connectivity index (χ0n) is 29.8. The highest BCUT2D eigenvalue weighted by Gasteiger charge is 2.16. The van der Waals surface area contributed by atoms with Crippen LogP contribution in [0.15, 0.2) is 205 Å². The predicted molar refractivity (Wildman–Crippen MR) is 225 cm³/mol. The Morgan fingerprint density at radius 1 is 0.236 bits per heavy atom. The first-order chi connectivity index (χ1) is 27.2. The molecule has 0 amide bonds. The summed E-state index contributed by atoms with van der Waals surface area (Å²) in [4.78, 5) is 15.0. The molecule has 258 valence electrons. The molecule has 10 rings (SSSR count). The van der Waals surface area contributed by atoms with Crippen LogP contribution in [0.25, 0.3) is 101 Å². The average Bonchev–Trinajstić information content (AvgIpc) is 3.64. The van der Waals surface area contributed by atoms with Crippen LogP contribution in [0.5, 0.6) is 0 Å². The molecule has 0 atom stereocenters. The Bertz CT molecular complexity index is 2940. The molecule has 55 heavy (non-hydrogen) atoms. The van der Waals surface area contributed by atoms with E-state index < -0.39 is 0 Å². The van der Waals surface area contributed by atoms with E-state index in [1.54, 1.807) is 0 Å². The van der Waals surface area contributed by atoms with E-state index in [-0.39, 0.29) is 0 Å². The fourth-order valence-electron chi connectivity index (χ4n) is 7.25. The van der Waals surface area contributed by atoms with E-state index in [1.807, 2.05) is 48.5 Å². The van der Waals surface area contributed by atoms with Gasteiger partial charge in [0.15, 0.2) is 17.5 Å². The molecule has 8 aromatic carbocycles. The first-order valence-corrected chi connectivity index (χ1v) is 18.4. The third-order valence-electron chi connectivity index (χ3n) is 10.2. The van der Waals surface area contributed by atoms with Gasteiger partial charge in [-0.2, -0.15) is 0 Å². The van der Waals surface area contributed by atoms with E-state index in [4.69, 9.17) is 19.4 Å². The summed E-state index contributed by atoms with van der Waals surface area (Å²) < 4.78 is 6.54. The standard InChI is InChI=1S/C51H33N3O/c1-4-11-34(12-5-1)36-19-21-37(22-20-36)38-23-25-40(26-24-38)50-52-49(39-15-8-3-9-16-39)53-51(54-50)44-28-30-46-45-29-27-43(32-47(45)55-48(46)33-44)42-18-10-17-41(31-42)35-13-6-2-7-14-35/h1-33H. The predicted octanol–water partition coefficient (Wildman–Crippen LogP) is 13.4. The van der Waals surface area contributed by atoms with Crippen molar-refractivity contribution in [2.24, 2.45) is 0 Å². The van der Waals surface area contributed by atoms with Crippen molar-refractivity contribution in [1.82, 2.24) is 15.0 Å². The number of nitrogens with zero attached hydrogens (tertiary/aromatic N) is 3. The fraction of sp³-hybridized carbons (Fsp3) is 0. The maximum Gasteiger partial charge on any atom is 0.164 e. The SMILES string of the molecule is c1ccc(-c2ccc(-c3ccc(-c4nc(-c5ccccc5)nc(-c5ccc6c(c5)oc5cc(-c7cccc(-c8ccccc8)c7)ccc56)n4)cc3)cc2)cc1. The van der Waals surface area contributed by atoms with Gasteiger partial charge in [0.05, 0.1) is 0 Å². The highest BCUT2D eigenvalue weighted by Crippen LogP contribution is 2.36. The summed E-state index contributed by atoms with van der Waals surface area (Å²) in [5, 5.41) is 2.12. The number of benzene rings is 8. The van der Waals surface area contributed by atoms with Gasteiger partial charge in [-0.1, -0.05) is 170 Å². The molecule has 2 aromatic heterocycles. The van der Waals surface area contributed by atoms with Gasteiger partial charge in [0, 0.05) is 27.5 Å². The lowest BCUT2D eigenvalue weighted by Crippen LogP contribution is -2.00. The van der Waals surface area contributed by atoms with E-state index in [0.717, 1.165) is 60.9 Å². The Balaban J connectivity index is 0.993. The minimum Gasteiger partial charge on any atom is -0.456 e. The third kappa shape index (κ3) is 6.36. The van der Waals surface area contributed by atoms with Crippen LogP contribution in [0.2, 0.25) is 0 Å². The van der Waals surface area contributed by atoms with Gasteiger partial charge in [-0.25, -0.2) is 15.0 Å². The lowest BCUT2D eigenvalue weighted by atomic mass is 9.98. The van der Waals surface area contributed by atoms with E-state index in [0.29, 0.717) is 17.5 Å². The van der Waals surface area contributed by atoms with Crippen LogP contribution in [0.1, 0.15) is 0 Å². The van der Waals surface area contributed by atoms with Gasteiger partial charge in [-0.3, -0.25) is 0 Å². The molecule has 0 N–H and O–H groups in total. The summed E-state index contributed by atoms with van der Waals surface area (Å²) >= 11 is 0. The van der Waals surface area contributed by atoms with E-state index in [9.17, 15) is 0 Å². The van der Waals surface area contributed by atoms with Crippen LogP contribution in [0.4, 0.5) is 0 Å². The highest BCUT2D eigenvalue weighted by molar-refractivity contribution is 6.07. The largest absolute Gasteiger partial charge is 0.456 e. The van der Waals surface area contributed by atoms with E-state index >= 15 is 0 Å². The molecule has 0 saturated carbocycles. The molecule has 0 saturated heterocycles. The molecule has 4 heteroatoms. The van der Waals surface area contributed by atoms with Gasteiger partial charge in [-0.05, 0) is 74.8 Å². The molecule has 2 heterocycles. The van der Waals surface area contributed by atoms with Crippen molar-refractivity contribution in [2.75, 3.05) is 0 Å². The molecule has 10 aromatic rings. The number of fused-ring (bicyclic) bond motifs is 3. The van der Waals surface area contributed by atoms with Crippen molar-refractivity contribution in [3.05, 3.63) is 200 Å². The van der Waals surface area contributed by atoms with Crippen molar-refractivity contribution in [1.29, 1.82) is 0 Å². The van der Waals surface area contributed by atoms with Crippen LogP contribution in [-0.2, 0) is 0 Å². The smallest absolute Gasteiger partial charge is 0.164 e. The topological polar surface area (TPSA) is 51.8 Å². The number of furan rings is 1.